The molecular formula is C15H21N3O. The molecule has 4 heteroatoms. The normalized spacial score (nSPS) is 33.6. The molecule has 0 radical (unpaired) electrons. The predicted molar refractivity (Wildman–Crippen MR) is 73.4 cm³/mol. The first-order chi connectivity index (χ1) is 9.22. The van der Waals surface area contributed by atoms with Crippen LogP contribution in [0.5, 0.6) is 0 Å². The average molecular weight is 259 g/mol. The number of rotatable bonds is 1. The van der Waals surface area contributed by atoms with Gasteiger partial charge in [-0.1, -0.05) is 0 Å². The maximum Gasteiger partial charge on any atom is 0.254 e. The molecule has 0 amide bonds. The van der Waals surface area contributed by atoms with E-state index in [1.807, 2.05) is 0 Å². The highest BCUT2D eigenvalue weighted by molar-refractivity contribution is 5.24. The highest BCUT2D eigenvalue weighted by Crippen LogP contribution is 2.41. The summed E-state index contributed by atoms with van der Waals surface area (Å²) in [6.07, 6.45) is 7.94. The van der Waals surface area contributed by atoms with Crippen LogP contribution in [0.2, 0.25) is 0 Å². The van der Waals surface area contributed by atoms with Crippen LogP contribution >= 0.6 is 0 Å². The van der Waals surface area contributed by atoms with Crippen LogP contribution in [-0.4, -0.2) is 34.0 Å². The van der Waals surface area contributed by atoms with Crippen LogP contribution in [0.3, 0.4) is 0 Å². The number of hydrogen-bond donors (Lipinski definition) is 1. The number of nitrogens with zero attached hydrogens (tertiary/aromatic N) is 2. The van der Waals surface area contributed by atoms with Crippen LogP contribution in [0.15, 0.2) is 4.79 Å². The van der Waals surface area contributed by atoms with Crippen molar-refractivity contribution < 1.29 is 0 Å². The molecule has 4 nitrogen and oxygen atoms in total. The van der Waals surface area contributed by atoms with E-state index in [0.29, 0.717) is 18.0 Å². The molecule has 1 N–H and O–H groups in total. The van der Waals surface area contributed by atoms with Crippen molar-refractivity contribution in [2.45, 2.75) is 62.9 Å². The number of piperidine rings is 1. The van der Waals surface area contributed by atoms with Crippen molar-refractivity contribution in [3.8, 4) is 0 Å². The number of aromatic amines is 1. The minimum Gasteiger partial charge on any atom is -0.310 e. The molecule has 3 aliphatic rings. The van der Waals surface area contributed by atoms with Gasteiger partial charge in [0.05, 0.1) is 5.69 Å². The van der Waals surface area contributed by atoms with Crippen molar-refractivity contribution in [1.29, 1.82) is 0 Å². The summed E-state index contributed by atoms with van der Waals surface area (Å²) in [6.45, 7) is 0. The Bertz CT molecular complexity index is 551. The van der Waals surface area contributed by atoms with Gasteiger partial charge in [-0.3, -0.25) is 4.79 Å². The summed E-state index contributed by atoms with van der Waals surface area (Å²) in [6, 6.07) is 1.39. The predicted octanol–water partition coefficient (Wildman–Crippen LogP) is 1.60. The second-order valence-corrected chi connectivity index (χ2v) is 6.45. The average Bonchev–Trinajstić information content (AvgIpc) is 2.92. The highest BCUT2D eigenvalue weighted by atomic mass is 16.1. The van der Waals surface area contributed by atoms with E-state index in [0.717, 1.165) is 49.2 Å². The summed E-state index contributed by atoms with van der Waals surface area (Å²) in [4.78, 5) is 22.5. The minimum atomic E-state index is 0.128. The largest absolute Gasteiger partial charge is 0.310 e. The SMILES string of the molecule is CN1C2CCC1CC(c1nc3c(c(=O)[nH]1)CCC3)C2. The molecule has 0 saturated carbocycles. The molecule has 1 aliphatic carbocycles. The molecule has 2 atom stereocenters. The second kappa shape index (κ2) is 4.17. The fourth-order valence-electron chi connectivity index (χ4n) is 4.29. The molecule has 4 rings (SSSR count). The molecule has 2 unspecified atom stereocenters. The third-order valence-electron chi connectivity index (χ3n) is 5.44. The Balaban J connectivity index is 1.67. The lowest BCUT2D eigenvalue weighted by Crippen LogP contribution is -2.39. The van der Waals surface area contributed by atoms with Crippen molar-refractivity contribution in [3.05, 3.63) is 27.4 Å². The van der Waals surface area contributed by atoms with Gasteiger partial charge in [0.25, 0.3) is 5.56 Å². The number of nitrogens with one attached hydrogen (secondary N) is 1. The van der Waals surface area contributed by atoms with Gasteiger partial charge >= 0.3 is 0 Å². The van der Waals surface area contributed by atoms with Crippen molar-refractivity contribution in [2.75, 3.05) is 7.05 Å². The van der Waals surface area contributed by atoms with E-state index < -0.39 is 0 Å². The van der Waals surface area contributed by atoms with Crippen molar-refractivity contribution in [2.24, 2.45) is 0 Å². The second-order valence-electron chi connectivity index (χ2n) is 6.45. The maximum absolute atomic E-state index is 12.1. The third-order valence-corrected chi connectivity index (χ3v) is 5.44. The monoisotopic (exact) mass is 259 g/mol. The van der Waals surface area contributed by atoms with Crippen molar-refractivity contribution >= 4 is 0 Å². The molecule has 2 fully saturated rings. The molecule has 2 aliphatic heterocycles. The van der Waals surface area contributed by atoms with Crippen LogP contribution in [0.25, 0.3) is 0 Å². The lowest BCUT2D eigenvalue weighted by molar-refractivity contribution is 0.158. The van der Waals surface area contributed by atoms with E-state index >= 15 is 0 Å². The minimum absolute atomic E-state index is 0.128. The van der Waals surface area contributed by atoms with Gasteiger partial charge < -0.3 is 9.88 Å². The number of H-pyrrole nitrogens is 1. The topological polar surface area (TPSA) is 49.0 Å². The molecule has 2 bridgehead atoms. The standard InChI is InChI=1S/C15H21N3O/c1-18-10-5-6-11(18)8-9(7-10)14-16-13-4-2-3-12(13)15(19)17-14/h9-11H,2-8H2,1H3,(H,16,17,19). The van der Waals surface area contributed by atoms with Crippen LogP contribution in [0.1, 0.15) is 55.1 Å². The Hall–Kier alpha value is -1.16. The smallest absolute Gasteiger partial charge is 0.254 e. The molecule has 1 aromatic rings. The third kappa shape index (κ3) is 1.76. The maximum atomic E-state index is 12.1. The summed E-state index contributed by atoms with van der Waals surface area (Å²) < 4.78 is 0. The fourth-order valence-corrected chi connectivity index (χ4v) is 4.29. The zero-order chi connectivity index (χ0) is 13.0. The van der Waals surface area contributed by atoms with Gasteiger partial charge in [0, 0.05) is 23.6 Å². The lowest BCUT2D eigenvalue weighted by Gasteiger charge is -2.35. The Morgan fingerprint density at radius 2 is 1.95 bits per heavy atom. The summed E-state index contributed by atoms with van der Waals surface area (Å²) >= 11 is 0. The van der Waals surface area contributed by atoms with Crippen molar-refractivity contribution in [3.63, 3.8) is 0 Å². The lowest BCUT2D eigenvalue weighted by atomic mass is 9.90. The number of fused-ring (bicyclic) bond motifs is 3. The number of aromatic nitrogens is 2. The van der Waals surface area contributed by atoms with Crippen molar-refractivity contribution in [1.82, 2.24) is 14.9 Å². The molecule has 19 heavy (non-hydrogen) atoms. The molecule has 3 heterocycles. The van der Waals surface area contributed by atoms with E-state index in [2.05, 4.69) is 16.9 Å². The van der Waals surface area contributed by atoms with Gasteiger partial charge in [0.15, 0.2) is 0 Å². The van der Waals surface area contributed by atoms with E-state index in [9.17, 15) is 4.79 Å². The highest BCUT2D eigenvalue weighted by Gasteiger charge is 2.39. The molecular weight excluding hydrogens is 238 g/mol. The molecule has 1 aromatic heterocycles. The van der Waals surface area contributed by atoms with Gasteiger partial charge in [-0.2, -0.15) is 0 Å². The Labute approximate surface area is 113 Å². The van der Waals surface area contributed by atoms with Gasteiger partial charge in [-0.25, -0.2) is 4.98 Å². The van der Waals surface area contributed by atoms with Crippen LogP contribution in [0.4, 0.5) is 0 Å². The van der Waals surface area contributed by atoms with Crippen LogP contribution < -0.4 is 5.56 Å². The first-order valence-electron chi connectivity index (χ1n) is 7.56. The fraction of sp³-hybridized carbons (Fsp3) is 0.733. The van der Waals surface area contributed by atoms with E-state index in [1.165, 1.54) is 12.8 Å². The number of hydrogen-bond acceptors (Lipinski definition) is 3. The quantitative estimate of drug-likeness (QED) is 0.833. The zero-order valence-corrected chi connectivity index (χ0v) is 11.5. The van der Waals surface area contributed by atoms with Gasteiger partial charge in [0.2, 0.25) is 0 Å². The summed E-state index contributed by atoms with van der Waals surface area (Å²) in [7, 11) is 2.25. The molecule has 2 saturated heterocycles. The Morgan fingerprint density at radius 3 is 2.68 bits per heavy atom. The first kappa shape index (κ1) is 11.6. The summed E-state index contributed by atoms with van der Waals surface area (Å²) in [5.74, 6) is 1.43. The van der Waals surface area contributed by atoms with E-state index in [-0.39, 0.29) is 5.56 Å². The summed E-state index contributed by atoms with van der Waals surface area (Å²) in [5.41, 5.74) is 2.15. The first-order valence-corrected chi connectivity index (χ1v) is 7.56. The van der Waals surface area contributed by atoms with Gasteiger partial charge in [-0.15, -0.1) is 0 Å². The Morgan fingerprint density at radius 1 is 1.21 bits per heavy atom. The van der Waals surface area contributed by atoms with Crippen LogP contribution in [-0.2, 0) is 12.8 Å². The van der Waals surface area contributed by atoms with Gasteiger partial charge in [-0.05, 0) is 52.0 Å². The van der Waals surface area contributed by atoms with Crippen LogP contribution in [0, 0.1) is 0 Å². The molecule has 0 aromatic carbocycles. The molecule has 102 valence electrons. The summed E-state index contributed by atoms with van der Waals surface area (Å²) in [5, 5.41) is 0. The zero-order valence-electron chi connectivity index (χ0n) is 11.5. The molecule has 0 spiro atoms. The number of aryl methyl sites for hydroxylation is 1. The van der Waals surface area contributed by atoms with E-state index in [4.69, 9.17) is 4.98 Å². The van der Waals surface area contributed by atoms with E-state index in [1.54, 1.807) is 0 Å². The van der Waals surface area contributed by atoms with Gasteiger partial charge in [0.1, 0.15) is 5.82 Å². The Kier molecular flexibility index (Phi) is 2.56.